The number of nitrogens with zero attached hydrogens (tertiary/aromatic N) is 1. The number of nitrogens with one attached hydrogen (secondary N) is 1. The highest BCUT2D eigenvalue weighted by Gasteiger charge is 2.20. The highest BCUT2D eigenvalue weighted by Crippen LogP contribution is 2.16. The van der Waals surface area contributed by atoms with Gasteiger partial charge in [-0.15, -0.1) is 0 Å². The maximum absolute atomic E-state index is 12.3. The summed E-state index contributed by atoms with van der Waals surface area (Å²) in [5, 5.41) is 7.25. The third-order valence-electron chi connectivity index (χ3n) is 3.91. The lowest BCUT2D eigenvalue weighted by Crippen LogP contribution is -2.40. The number of ether oxygens (including phenoxy) is 1. The molecule has 0 saturated carbocycles. The zero-order chi connectivity index (χ0) is 15.1. The second kappa shape index (κ2) is 8.39. The number of carbonyl (C=O) groups excluding carboxylic acids is 1. The van der Waals surface area contributed by atoms with Crippen LogP contribution >= 0.6 is 11.3 Å². The first-order chi connectivity index (χ1) is 10.2. The fourth-order valence-corrected chi connectivity index (χ4v) is 3.43. The summed E-state index contributed by atoms with van der Waals surface area (Å²) < 4.78 is 5.82. The number of amides is 2. The lowest BCUT2D eigenvalue weighted by atomic mass is 10.2. The molecule has 0 unspecified atom stereocenters. The van der Waals surface area contributed by atoms with Crippen molar-refractivity contribution < 1.29 is 9.53 Å². The Morgan fingerprint density at radius 2 is 2.29 bits per heavy atom. The molecule has 1 aliphatic heterocycles. The molecule has 0 radical (unpaired) electrons. The Morgan fingerprint density at radius 1 is 1.43 bits per heavy atom. The maximum Gasteiger partial charge on any atom is 0.317 e. The van der Waals surface area contributed by atoms with Gasteiger partial charge in [0.25, 0.3) is 0 Å². The Morgan fingerprint density at radius 3 is 3.00 bits per heavy atom. The fourth-order valence-electron chi connectivity index (χ4n) is 2.57. The number of thiophene rings is 1. The lowest BCUT2D eigenvalue weighted by Gasteiger charge is -2.21. The zero-order valence-electron chi connectivity index (χ0n) is 13.1. The largest absolute Gasteiger partial charge is 0.378 e. The molecule has 1 saturated heterocycles. The van der Waals surface area contributed by atoms with E-state index < -0.39 is 0 Å². The first-order valence-electron chi connectivity index (χ1n) is 7.86. The number of hydrogen-bond donors (Lipinski definition) is 1. The van der Waals surface area contributed by atoms with Gasteiger partial charge < -0.3 is 15.0 Å². The van der Waals surface area contributed by atoms with E-state index in [9.17, 15) is 4.79 Å². The van der Waals surface area contributed by atoms with Gasteiger partial charge in [-0.05, 0) is 54.5 Å². The standard InChI is InChI=1S/C16H26N2O2S/c1-3-9-20-15-5-4-7-18(8-6-15)16(19)17-10-14-12-21-11-13(14)2/h11-12,15H,3-10H2,1-2H3,(H,17,19)/t15-/m1/s1. The van der Waals surface area contributed by atoms with Gasteiger partial charge in [0, 0.05) is 26.2 Å². The van der Waals surface area contributed by atoms with Crippen molar-refractivity contribution in [2.75, 3.05) is 19.7 Å². The minimum absolute atomic E-state index is 0.0525. The van der Waals surface area contributed by atoms with Crippen LogP contribution in [0.1, 0.15) is 43.7 Å². The van der Waals surface area contributed by atoms with Crippen LogP contribution in [0.5, 0.6) is 0 Å². The van der Waals surface area contributed by atoms with Crippen LogP contribution in [0.15, 0.2) is 10.8 Å². The average molecular weight is 310 g/mol. The summed E-state index contributed by atoms with van der Waals surface area (Å²) in [5.41, 5.74) is 2.47. The van der Waals surface area contributed by atoms with Crippen LogP contribution in [-0.4, -0.2) is 36.7 Å². The van der Waals surface area contributed by atoms with Crippen LogP contribution in [0.25, 0.3) is 0 Å². The number of hydrogen-bond acceptors (Lipinski definition) is 3. The molecule has 0 aliphatic carbocycles. The van der Waals surface area contributed by atoms with Gasteiger partial charge in [0.2, 0.25) is 0 Å². The Bertz CT molecular complexity index is 447. The minimum Gasteiger partial charge on any atom is -0.378 e. The summed E-state index contributed by atoms with van der Waals surface area (Å²) in [5.74, 6) is 0. The molecular weight excluding hydrogens is 284 g/mol. The van der Waals surface area contributed by atoms with E-state index >= 15 is 0 Å². The van der Waals surface area contributed by atoms with Gasteiger partial charge in [0.05, 0.1) is 6.10 Å². The summed E-state index contributed by atoms with van der Waals surface area (Å²) in [6.45, 7) is 7.29. The van der Waals surface area contributed by atoms with Crippen molar-refractivity contribution in [1.29, 1.82) is 0 Å². The van der Waals surface area contributed by atoms with Crippen LogP contribution in [0.4, 0.5) is 4.79 Å². The van der Waals surface area contributed by atoms with Crippen molar-refractivity contribution in [3.8, 4) is 0 Å². The van der Waals surface area contributed by atoms with Crippen LogP contribution in [0.3, 0.4) is 0 Å². The lowest BCUT2D eigenvalue weighted by molar-refractivity contribution is 0.0445. The molecule has 1 aromatic rings. The molecular formula is C16H26N2O2S. The number of likely N-dealkylation sites (tertiary alicyclic amines) is 1. The first-order valence-corrected chi connectivity index (χ1v) is 8.81. The van der Waals surface area contributed by atoms with Gasteiger partial charge in [-0.1, -0.05) is 6.92 Å². The molecule has 1 atom stereocenters. The molecule has 21 heavy (non-hydrogen) atoms. The molecule has 0 bridgehead atoms. The molecule has 118 valence electrons. The van der Waals surface area contributed by atoms with Crippen LogP contribution in [0, 0.1) is 6.92 Å². The second-order valence-electron chi connectivity index (χ2n) is 5.65. The third-order valence-corrected chi connectivity index (χ3v) is 4.82. The van der Waals surface area contributed by atoms with Gasteiger partial charge >= 0.3 is 6.03 Å². The molecule has 0 spiro atoms. The van der Waals surface area contributed by atoms with Gasteiger partial charge in [-0.25, -0.2) is 4.79 Å². The predicted octanol–water partition coefficient (Wildman–Crippen LogP) is 3.55. The summed E-state index contributed by atoms with van der Waals surface area (Å²) in [6.07, 6.45) is 4.42. The summed E-state index contributed by atoms with van der Waals surface area (Å²) in [6, 6.07) is 0.0525. The van der Waals surface area contributed by atoms with E-state index in [0.29, 0.717) is 12.6 Å². The van der Waals surface area contributed by atoms with Gasteiger partial charge in [0.1, 0.15) is 0 Å². The summed E-state index contributed by atoms with van der Waals surface area (Å²) in [4.78, 5) is 14.2. The average Bonchev–Trinajstić information content (AvgIpc) is 2.75. The maximum atomic E-state index is 12.3. The second-order valence-corrected chi connectivity index (χ2v) is 6.39. The van der Waals surface area contributed by atoms with Crippen molar-refractivity contribution in [3.05, 3.63) is 21.9 Å². The van der Waals surface area contributed by atoms with E-state index in [4.69, 9.17) is 4.74 Å². The molecule has 0 aromatic carbocycles. The van der Waals surface area contributed by atoms with Crippen molar-refractivity contribution in [3.63, 3.8) is 0 Å². The summed E-state index contributed by atoms with van der Waals surface area (Å²) >= 11 is 1.68. The van der Waals surface area contributed by atoms with E-state index in [1.54, 1.807) is 11.3 Å². The first kappa shape index (κ1) is 16.3. The predicted molar refractivity (Wildman–Crippen MR) is 86.7 cm³/mol. The molecule has 1 N–H and O–H groups in total. The topological polar surface area (TPSA) is 41.6 Å². The van der Waals surface area contributed by atoms with Crippen LogP contribution < -0.4 is 5.32 Å². The van der Waals surface area contributed by atoms with Crippen molar-refractivity contribution >= 4 is 17.4 Å². The van der Waals surface area contributed by atoms with Gasteiger partial charge in [-0.2, -0.15) is 11.3 Å². The number of rotatable bonds is 5. The van der Waals surface area contributed by atoms with E-state index in [1.807, 2.05) is 4.90 Å². The number of aryl methyl sites for hydroxylation is 1. The molecule has 1 aliphatic rings. The third kappa shape index (κ3) is 5.00. The Labute approximate surface area is 131 Å². The van der Waals surface area contributed by atoms with Crippen molar-refractivity contribution in [2.45, 2.75) is 52.2 Å². The molecule has 2 heterocycles. The van der Waals surface area contributed by atoms with Crippen molar-refractivity contribution in [1.82, 2.24) is 10.2 Å². The smallest absolute Gasteiger partial charge is 0.317 e. The van der Waals surface area contributed by atoms with Gasteiger partial charge in [-0.3, -0.25) is 0 Å². The zero-order valence-corrected chi connectivity index (χ0v) is 13.9. The van der Waals surface area contributed by atoms with Crippen molar-refractivity contribution in [2.24, 2.45) is 0 Å². The minimum atomic E-state index is 0.0525. The molecule has 2 amide bonds. The molecule has 2 rings (SSSR count). The van der Waals surface area contributed by atoms with Crippen LogP contribution in [0.2, 0.25) is 0 Å². The Balaban J connectivity index is 1.76. The van der Waals surface area contributed by atoms with Crippen LogP contribution in [-0.2, 0) is 11.3 Å². The van der Waals surface area contributed by atoms with E-state index in [0.717, 1.165) is 45.4 Å². The van der Waals surface area contributed by atoms with Gasteiger partial charge in [0.15, 0.2) is 0 Å². The highest BCUT2D eigenvalue weighted by atomic mass is 32.1. The quantitative estimate of drug-likeness (QED) is 0.903. The van der Waals surface area contributed by atoms with E-state index in [2.05, 4.69) is 29.9 Å². The monoisotopic (exact) mass is 310 g/mol. The fraction of sp³-hybridized carbons (Fsp3) is 0.688. The molecule has 1 fully saturated rings. The Kier molecular flexibility index (Phi) is 6.51. The Hall–Kier alpha value is -1.07. The summed E-state index contributed by atoms with van der Waals surface area (Å²) in [7, 11) is 0. The highest BCUT2D eigenvalue weighted by molar-refractivity contribution is 7.08. The molecule has 4 nitrogen and oxygen atoms in total. The molecule has 1 aromatic heterocycles. The SMILES string of the molecule is CCCO[C@@H]1CCCN(C(=O)NCc2cscc2C)CC1. The number of carbonyl (C=O) groups is 1. The molecule has 5 heteroatoms. The van der Waals surface area contributed by atoms with E-state index in [-0.39, 0.29) is 6.03 Å². The number of urea groups is 1. The normalized spacial score (nSPS) is 19.3. The van der Waals surface area contributed by atoms with E-state index in [1.165, 1.54) is 11.1 Å².